The van der Waals surface area contributed by atoms with Gasteiger partial charge in [-0.05, 0) is 39.3 Å². The Labute approximate surface area is 153 Å². The van der Waals surface area contributed by atoms with Gasteiger partial charge >= 0.3 is 0 Å². The Hall–Kier alpha value is -2.28. The third-order valence-electron chi connectivity index (χ3n) is 4.99. The van der Waals surface area contributed by atoms with Crippen LogP contribution in [0.25, 0.3) is 0 Å². The van der Waals surface area contributed by atoms with Gasteiger partial charge in [0.15, 0.2) is 5.69 Å². The normalized spacial score (nSPS) is 18.0. The molecule has 1 aromatic heterocycles. The van der Waals surface area contributed by atoms with Gasteiger partial charge in [0.1, 0.15) is 5.82 Å². The lowest BCUT2D eigenvalue weighted by Crippen LogP contribution is -2.36. The maximum atomic E-state index is 13.9. The number of carbonyl (C=O) groups is 1. The van der Waals surface area contributed by atoms with Crippen molar-refractivity contribution in [3.05, 3.63) is 47.5 Å². The molecular weight excluding hydrogens is 333 g/mol. The van der Waals surface area contributed by atoms with Crippen LogP contribution in [0.2, 0.25) is 0 Å². The molecule has 3 rings (SSSR count). The number of hydrogen-bond acceptors (Lipinski definition) is 4. The van der Waals surface area contributed by atoms with Crippen molar-refractivity contribution in [2.45, 2.75) is 39.3 Å². The summed E-state index contributed by atoms with van der Waals surface area (Å²) in [5, 5.41) is 8.26. The molecule has 1 amide bonds. The van der Waals surface area contributed by atoms with Crippen LogP contribution in [0.1, 0.15) is 48.8 Å². The Morgan fingerprint density at radius 1 is 1.31 bits per heavy atom. The molecule has 1 atom stereocenters. The van der Waals surface area contributed by atoms with E-state index in [1.165, 1.54) is 6.07 Å². The summed E-state index contributed by atoms with van der Waals surface area (Å²) in [6, 6.07) is 7.06. The molecule has 0 bridgehead atoms. The van der Waals surface area contributed by atoms with Gasteiger partial charge in [-0.3, -0.25) is 9.69 Å². The quantitative estimate of drug-likeness (QED) is 0.796. The number of carbonyl (C=O) groups excluding carboxylic acids is 1. The fourth-order valence-corrected chi connectivity index (χ4v) is 3.48. The summed E-state index contributed by atoms with van der Waals surface area (Å²) in [7, 11) is 0. The van der Waals surface area contributed by atoms with Gasteiger partial charge in [-0.25, -0.2) is 9.07 Å². The lowest BCUT2D eigenvalue weighted by molar-refractivity contribution is 0.0767. The molecule has 26 heavy (non-hydrogen) atoms. The molecule has 1 aliphatic rings. The Morgan fingerprint density at radius 2 is 2.08 bits per heavy atom. The van der Waals surface area contributed by atoms with Gasteiger partial charge in [0, 0.05) is 31.7 Å². The minimum atomic E-state index is -0.164. The third-order valence-corrected chi connectivity index (χ3v) is 4.99. The molecule has 0 saturated carbocycles. The average Bonchev–Trinajstić information content (AvgIpc) is 3.15. The van der Waals surface area contributed by atoms with E-state index in [-0.39, 0.29) is 17.8 Å². The van der Waals surface area contributed by atoms with E-state index in [2.05, 4.69) is 15.2 Å². The van der Waals surface area contributed by atoms with Crippen molar-refractivity contribution in [1.82, 2.24) is 24.8 Å². The molecule has 1 fully saturated rings. The smallest absolute Gasteiger partial charge is 0.276 e. The summed E-state index contributed by atoms with van der Waals surface area (Å²) in [5.41, 5.74) is 1.10. The zero-order valence-electron chi connectivity index (χ0n) is 15.4. The van der Waals surface area contributed by atoms with E-state index < -0.39 is 0 Å². The lowest BCUT2D eigenvalue weighted by Gasteiger charge is -2.32. The lowest BCUT2D eigenvalue weighted by atomic mass is 10.0. The minimum absolute atomic E-state index is 0.0831. The summed E-state index contributed by atoms with van der Waals surface area (Å²) >= 11 is 0. The summed E-state index contributed by atoms with van der Waals surface area (Å²) in [4.78, 5) is 16.4. The number of benzene rings is 1. The molecule has 1 saturated heterocycles. The molecule has 0 aliphatic carbocycles. The number of likely N-dealkylation sites (tertiary alicyclic amines) is 1. The highest BCUT2D eigenvalue weighted by atomic mass is 19.1. The van der Waals surface area contributed by atoms with Gasteiger partial charge in [0.05, 0.1) is 12.2 Å². The monoisotopic (exact) mass is 359 g/mol. The number of nitrogens with zero attached hydrogens (tertiary/aromatic N) is 5. The van der Waals surface area contributed by atoms with Crippen molar-refractivity contribution in [2.24, 2.45) is 0 Å². The average molecular weight is 359 g/mol. The van der Waals surface area contributed by atoms with E-state index in [0.29, 0.717) is 30.9 Å². The predicted octanol–water partition coefficient (Wildman–Crippen LogP) is 2.74. The second-order valence-electron chi connectivity index (χ2n) is 6.68. The van der Waals surface area contributed by atoms with Crippen LogP contribution in [0.5, 0.6) is 0 Å². The van der Waals surface area contributed by atoms with Gasteiger partial charge in [-0.15, -0.1) is 5.10 Å². The molecule has 7 heteroatoms. The van der Waals surface area contributed by atoms with Crippen molar-refractivity contribution < 1.29 is 9.18 Å². The highest BCUT2D eigenvalue weighted by Gasteiger charge is 2.24. The standard InChI is InChI=1S/C19H26FN5O/c1-3-24(4-2)19(26)18-14-25(22-21-18)16-9-7-11-23(13-16)12-15-8-5-6-10-17(15)20/h5-6,8,10,14,16H,3-4,7,9,11-13H2,1-2H3/t16-/m0/s1. The van der Waals surface area contributed by atoms with Crippen LogP contribution in [0, 0.1) is 5.82 Å². The molecule has 1 aromatic carbocycles. The van der Waals surface area contributed by atoms with Crippen molar-refractivity contribution >= 4 is 5.91 Å². The SMILES string of the molecule is CCN(CC)C(=O)c1cn([C@H]2CCCN(Cc3ccccc3F)C2)nn1. The van der Waals surface area contributed by atoms with E-state index in [1.807, 2.05) is 26.0 Å². The second-order valence-corrected chi connectivity index (χ2v) is 6.68. The van der Waals surface area contributed by atoms with E-state index in [0.717, 1.165) is 25.9 Å². The first-order chi connectivity index (χ1) is 12.6. The van der Waals surface area contributed by atoms with Crippen LogP contribution in [0.4, 0.5) is 4.39 Å². The summed E-state index contributed by atoms with van der Waals surface area (Å²) < 4.78 is 15.7. The number of hydrogen-bond donors (Lipinski definition) is 0. The first kappa shape index (κ1) is 18.5. The van der Waals surface area contributed by atoms with Gasteiger partial charge in [0.2, 0.25) is 0 Å². The van der Waals surface area contributed by atoms with Crippen LogP contribution in [0.15, 0.2) is 30.5 Å². The Kier molecular flexibility index (Phi) is 5.98. The van der Waals surface area contributed by atoms with Crippen molar-refractivity contribution in [1.29, 1.82) is 0 Å². The minimum Gasteiger partial charge on any atom is -0.338 e. The molecule has 1 aliphatic heterocycles. The summed E-state index contributed by atoms with van der Waals surface area (Å²) in [6.45, 7) is 7.51. The first-order valence-electron chi connectivity index (χ1n) is 9.29. The molecule has 2 heterocycles. The van der Waals surface area contributed by atoms with Gasteiger partial charge in [-0.2, -0.15) is 0 Å². The van der Waals surface area contributed by atoms with Crippen LogP contribution >= 0.6 is 0 Å². The third kappa shape index (κ3) is 4.09. The molecule has 0 spiro atoms. The Balaban J connectivity index is 1.66. The molecule has 6 nitrogen and oxygen atoms in total. The molecular formula is C19H26FN5O. The van der Waals surface area contributed by atoms with Crippen molar-refractivity contribution in [3.63, 3.8) is 0 Å². The van der Waals surface area contributed by atoms with Crippen LogP contribution in [-0.4, -0.2) is 56.9 Å². The van der Waals surface area contributed by atoms with E-state index in [9.17, 15) is 9.18 Å². The predicted molar refractivity (Wildman–Crippen MR) is 97.2 cm³/mol. The molecule has 140 valence electrons. The van der Waals surface area contributed by atoms with Gasteiger partial charge in [-0.1, -0.05) is 23.4 Å². The van der Waals surface area contributed by atoms with Crippen LogP contribution in [0.3, 0.4) is 0 Å². The Bertz CT molecular complexity index is 743. The number of amides is 1. The zero-order valence-corrected chi connectivity index (χ0v) is 15.4. The second kappa shape index (κ2) is 8.40. The van der Waals surface area contributed by atoms with Gasteiger partial charge < -0.3 is 4.90 Å². The van der Waals surface area contributed by atoms with Gasteiger partial charge in [0.25, 0.3) is 5.91 Å². The largest absolute Gasteiger partial charge is 0.338 e. The summed E-state index contributed by atoms with van der Waals surface area (Å²) in [5.74, 6) is -0.247. The molecule has 2 aromatic rings. The Morgan fingerprint density at radius 3 is 2.81 bits per heavy atom. The number of halogens is 1. The highest BCUT2D eigenvalue weighted by Crippen LogP contribution is 2.23. The number of rotatable bonds is 6. The van der Waals surface area contributed by atoms with Crippen molar-refractivity contribution in [3.8, 4) is 0 Å². The number of piperidine rings is 1. The molecule has 0 radical (unpaired) electrons. The topological polar surface area (TPSA) is 54.3 Å². The molecule has 0 N–H and O–H groups in total. The zero-order chi connectivity index (χ0) is 18.5. The van der Waals surface area contributed by atoms with Crippen LogP contribution < -0.4 is 0 Å². The fourth-order valence-electron chi connectivity index (χ4n) is 3.48. The maximum absolute atomic E-state index is 13.9. The van der Waals surface area contributed by atoms with Crippen LogP contribution in [-0.2, 0) is 6.54 Å². The fraction of sp³-hybridized carbons (Fsp3) is 0.526. The van der Waals surface area contributed by atoms with E-state index >= 15 is 0 Å². The highest BCUT2D eigenvalue weighted by molar-refractivity contribution is 5.91. The number of aromatic nitrogens is 3. The van der Waals surface area contributed by atoms with E-state index in [4.69, 9.17) is 0 Å². The molecule has 0 unspecified atom stereocenters. The maximum Gasteiger partial charge on any atom is 0.276 e. The van der Waals surface area contributed by atoms with E-state index in [1.54, 1.807) is 21.8 Å². The summed E-state index contributed by atoms with van der Waals surface area (Å²) in [6.07, 6.45) is 3.74. The first-order valence-corrected chi connectivity index (χ1v) is 9.29. The van der Waals surface area contributed by atoms with Crippen molar-refractivity contribution in [2.75, 3.05) is 26.2 Å².